The second kappa shape index (κ2) is 4.26. The van der Waals surface area contributed by atoms with Crippen molar-refractivity contribution >= 4 is 5.82 Å². The van der Waals surface area contributed by atoms with E-state index in [1.165, 1.54) is 0 Å². The Morgan fingerprint density at radius 3 is 2.62 bits per heavy atom. The lowest BCUT2D eigenvalue weighted by Crippen LogP contribution is -2.13. The van der Waals surface area contributed by atoms with E-state index in [9.17, 15) is 0 Å². The molecule has 2 aromatic heterocycles. The van der Waals surface area contributed by atoms with Gasteiger partial charge in [0.1, 0.15) is 12.1 Å². The number of rotatable bonds is 3. The second-order valence-electron chi connectivity index (χ2n) is 3.73. The molecule has 16 heavy (non-hydrogen) atoms. The molecule has 1 atom stereocenters. The monoisotopic (exact) mass is 218 g/mol. The van der Waals surface area contributed by atoms with E-state index >= 15 is 0 Å². The highest BCUT2D eigenvalue weighted by Crippen LogP contribution is 2.14. The van der Waals surface area contributed by atoms with E-state index in [1.807, 2.05) is 37.6 Å². The van der Waals surface area contributed by atoms with Crippen LogP contribution in [-0.2, 0) is 7.05 Å². The predicted molar refractivity (Wildman–Crippen MR) is 59.8 cm³/mol. The van der Waals surface area contributed by atoms with E-state index in [1.54, 1.807) is 6.33 Å². The van der Waals surface area contributed by atoms with E-state index in [2.05, 4.69) is 25.7 Å². The van der Waals surface area contributed by atoms with Gasteiger partial charge in [0.15, 0.2) is 5.82 Å². The van der Waals surface area contributed by atoms with Gasteiger partial charge in [0, 0.05) is 7.05 Å². The number of nitrogens with one attached hydrogen (secondary N) is 1. The molecule has 0 spiro atoms. The molecule has 0 saturated heterocycles. The Hall–Kier alpha value is -1.98. The van der Waals surface area contributed by atoms with Crippen LogP contribution in [0.1, 0.15) is 24.5 Å². The first-order valence-corrected chi connectivity index (χ1v) is 5.07. The Bertz CT molecular complexity index is 460. The SMILES string of the molecule is Cc1ccc(NC(C)c2nncn2C)nn1. The molecule has 2 aromatic rings. The normalized spacial score (nSPS) is 12.4. The number of hydrogen-bond acceptors (Lipinski definition) is 5. The van der Waals surface area contributed by atoms with Gasteiger partial charge < -0.3 is 9.88 Å². The van der Waals surface area contributed by atoms with Crippen molar-refractivity contribution in [2.45, 2.75) is 19.9 Å². The molecule has 2 heterocycles. The number of aromatic nitrogens is 5. The summed E-state index contributed by atoms with van der Waals surface area (Å²) in [7, 11) is 1.91. The largest absolute Gasteiger partial charge is 0.359 e. The van der Waals surface area contributed by atoms with Gasteiger partial charge in [-0.25, -0.2) is 0 Å². The van der Waals surface area contributed by atoms with Crippen LogP contribution in [-0.4, -0.2) is 25.0 Å². The minimum Gasteiger partial charge on any atom is -0.359 e. The second-order valence-corrected chi connectivity index (χ2v) is 3.73. The molecule has 0 saturated carbocycles. The molecular formula is C10H14N6. The highest BCUT2D eigenvalue weighted by atomic mass is 15.3. The zero-order valence-corrected chi connectivity index (χ0v) is 9.55. The van der Waals surface area contributed by atoms with Gasteiger partial charge in [-0.2, -0.15) is 5.10 Å². The Morgan fingerprint density at radius 2 is 2.06 bits per heavy atom. The first kappa shape index (κ1) is 10.5. The van der Waals surface area contributed by atoms with Crippen LogP contribution < -0.4 is 5.32 Å². The molecule has 1 N–H and O–H groups in total. The molecular weight excluding hydrogens is 204 g/mol. The van der Waals surface area contributed by atoms with Crippen LogP contribution in [0.25, 0.3) is 0 Å². The van der Waals surface area contributed by atoms with Crippen molar-refractivity contribution < 1.29 is 0 Å². The lowest BCUT2D eigenvalue weighted by molar-refractivity contribution is 0.713. The molecule has 6 heteroatoms. The van der Waals surface area contributed by atoms with Crippen LogP contribution >= 0.6 is 0 Å². The predicted octanol–water partition coefficient (Wildman–Crippen LogP) is 1.09. The van der Waals surface area contributed by atoms with Crippen molar-refractivity contribution in [3.63, 3.8) is 0 Å². The molecule has 0 amide bonds. The fourth-order valence-electron chi connectivity index (χ4n) is 1.45. The average molecular weight is 218 g/mol. The Morgan fingerprint density at radius 1 is 1.25 bits per heavy atom. The van der Waals surface area contributed by atoms with Gasteiger partial charge >= 0.3 is 0 Å². The maximum atomic E-state index is 4.04. The fourth-order valence-corrected chi connectivity index (χ4v) is 1.45. The first-order valence-electron chi connectivity index (χ1n) is 5.07. The number of nitrogens with zero attached hydrogens (tertiary/aromatic N) is 5. The smallest absolute Gasteiger partial charge is 0.154 e. The molecule has 0 aliphatic carbocycles. The minimum atomic E-state index is 0.0458. The van der Waals surface area contributed by atoms with Gasteiger partial charge in [-0.3, -0.25) is 0 Å². The maximum absolute atomic E-state index is 4.04. The van der Waals surface area contributed by atoms with E-state index in [0.717, 1.165) is 17.3 Å². The zero-order valence-electron chi connectivity index (χ0n) is 9.55. The van der Waals surface area contributed by atoms with Gasteiger partial charge in [-0.05, 0) is 26.0 Å². The highest BCUT2D eigenvalue weighted by Gasteiger charge is 2.11. The van der Waals surface area contributed by atoms with E-state index < -0.39 is 0 Å². The summed E-state index contributed by atoms with van der Waals surface area (Å²) in [5.41, 5.74) is 0.900. The zero-order chi connectivity index (χ0) is 11.5. The summed E-state index contributed by atoms with van der Waals surface area (Å²) in [6.45, 7) is 3.91. The lowest BCUT2D eigenvalue weighted by Gasteiger charge is -2.12. The summed E-state index contributed by atoms with van der Waals surface area (Å²) in [5, 5.41) is 19.1. The molecule has 0 aliphatic heterocycles. The first-order chi connectivity index (χ1) is 7.66. The molecule has 0 aromatic carbocycles. The average Bonchev–Trinajstić information content (AvgIpc) is 2.68. The van der Waals surface area contributed by atoms with Gasteiger partial charge in [0.25, 0.3) is 0 Å². The summed E-state index contributed by atoms with van der Waals surface area (Å²) in [4.78, 5) is 0. The van der Waals surface area contributed by atoms with Crippen molar-refractivity contribution in [1.82, 2.24) is 25.0 Å². The van der Waals surface area contributed by atoms with Crippen molar-refractivity contribution in [3.8, 4) is 0 Å². The van der Waals surface area contributed by atoms with Gasteiger partial charge in [-0.15, -0.1) is 15.3 Å². The van der Waals surface area contributed by atoms with Crippen LogP contribution in [0.3, 0.4) is 0 Å². The maximum Gasteiger partial charge on any atom is 0.154 e. The van der Waals surface area contributed by atoms with Gasteiger partial charge in [0.2, 0.25) is 0 Å². The van der Waals surface area contributed by atoms with Gasteiger partial charge in [0.05, 0.1) is 11.7 Å². The summed E-state index contributed by atoms with van der Waals surface area (Å²) in [5.74, 6) is 1.60. The van der Waals surface area contributed by atoms with Crippen LogP contribution in [0, 0.1) is 6.92 Å². The third-order valence-corrected chi connectivity index (χ3v) is 2.30. The molecule has 6 nitrogen and oxygen atoms in total. The Kier molecular flexibility index (Phi) is 2.80. The lowest BCUT2D eigenvalue weighted by atomic mass is 10.3. The molecule has 0 radical (unpaired) electrons. The molecule has 1 unspecified atom stereocenters. The summed E-state index contributed by atoms with van der Waals surface area (Å²) in [6, 6.07) is 3.86. The van der Waals surface area contributed by atoms with Crippen LogP contribution in [0.5, 0.6) is 0 Å². The third-order valence-electron chi connectivity index (χ3n) is 2.30. The summed E-state index contributed by atoms with van der Waals surface area (Å²) >= 11 is 0. The summed E-state index contributed by atoms with van der Waals surface area (Å²) < 4.78 is 1.87. The van der Waals surface area contributed by atoms with Crippen molar-refractivity contribution in [2.75, 3.05) is 5.32 Å². The van der Waals surface area contributed by atoms with Crippen LogP contribution in [0.4, 0.5) is 5.82 Å². The van der Waals surface area contributed by atoms with Crippen molar-refractivity contribution in [3.05, 3.63) is 30.0 Å². The highest BCUT2D eigenvalue weighted by molar-refractivity contribution is 5.34. The van der Waals surface area contributed by atoms with E-state index in [0.29, 0.717) is 0 Å². The molecule has 84 valence electrons. The Balaban J connectivity index is 2.10. The minimum absolute atomic E-state index is 0.0458. The van der Waals surface area contributed by atoms with Crippen LogP contribution in [0.2, 0.25) is 0 Å². The van der Waals surface area contributed by atoms with E-state index in [-0.39, 0.29) is 6.04 Å². The fraction of sp³-hybridized carbons (Fsp3) is 0.400. The number of aryl methyl sites for hydroxylation is 2. The third kappa shape index (κ3) is 2.16. The van der Waals surface area contributed by atoms with Crippen molar-refractivity contribution in [1.29, 1.82) is 0 Å². The molecule has 2 rings (SSSR count). The summed E-state index contributed by atoms with van der Waals surface area (Å²) in [6.07, 6.45) is 1.67. The Labute approximate surface area is 93.7 Å². The number of anilines is 1. The number of hydrogen-bond donors (Lipinski definition) is 1. The van der Waals surface area contributed by atoms with E-state index in [4.69, 9.17) is 0 Å². The quantitative estimate of drug-likeness (QED) is 0.835. The van der Waals surface area contributed by atoms with Crippen molar-refractivity contribution in [2.24, 2.45) is 7.05 Å². The van der Waals surface area contributed by atoms with Crippen LogP contribution in [0.15, 0.2) is 18.5 Å². The van der Waals surface area contributed by atoms with Gasteiger partial charge in [-0.1, -0.05) is 0 Å². The standard InChI is InChI=1S/C10H14N6/c1-7-4-5-9(14-13-7)12-8(2)10-15-11-6-16(10)3/h4-6,8H,1-3H3,(H,12,14). The molecule has 0 fully saturated rings. The molecule has 0 bridgehead atoms. The topological polar surface area (TPSA) is 68.5 Å². The molecule has 0 aliphatic rings.